The van der Waals surface area contributed by atoms with Crippen LogP contribution in [0.15, 0.2) is 46.9 Å². The molecule has 4 heteroatoms. The summed E-state index contributed by atoms with van der Waals surface area (Å²) >= 11 is 3.68. The number of nitrogens with zero attached hydrogens (tertiary/aromatic N) is 1. The van der Waals surface area contributed by atoms with Crippen molar-refractivity contribution in [2.45, 2.75) is 45.6 Å². The van der Waals surface area contributed by atoms with Crippen molar-refractivity contribution in [1.29, 1.82) is 0 Å². The number of Topliss-reactive ketones (excluding diaryl/α,β-unsaturated/α-hetero) is 1. The second-order valence-corrected chi connectivity index (χ2v) is 8.80. The molecule has 2 aromatic carbocycles. The summed E-state index contributed by atoms with van der Waals surface area (Å²) in [5.41, 5.74) is 3.40. The Morgan fingerprint density at radius 1 is 1.21 bits per heavy atom. The van der Waals surface area contributed by atoms with Gasteiger partial charge in [-0.15, -0.1) is 0 Å². The minimum Gasteiger partial charge on any atom is -0.497 e. The van der Waals surface area contributed by atoms with E-state index >= 15 is 0 Å². The number of hydrogen-bond donors (Lipinski definition) is 0. The first-order chi connectivity index (χ1) is 13.5. The molecule has 0 aliphatic carbocycles. The summed E-state index contributed by atoms with van der Waals surface area (Å²) in [6, 6.07) is 14.8. The monoisotopic (exact) mass is 443 g/mol. The molecular weight excluding hydrogens is 414 g/mol. The van der Waals surface area contributed by atoms with Gasteiger partial charge < -0.3 is 9.64 Å². The Kier molecular flexibility index (Phi) is 7.30. The Hall–Kier alpha value is -1.65. The van der Waals surface area contributed by atoms with E-state index in [2.05, 4.69) is 46.0 Å². The van der Waals surface area contributed by atoms with Crippen LogP contribution in [0, 0.1) is 5.92 Å². The average Bonchev–Trinajstić information content (AvgIpc) is 2.70. The zero-order valence-electron chi connectivity index (χ0n) is 17.1. The molecule has 0 saturated carbocycles. The van der Waals surface area contributed by atoms with Gasteiger partial charge in [-0.1, -0.05) is 34.1 Å². The third-order valence-electron chi connectivity index (χ3n) is 5.90. The van der Waals surface area contributed by atoms with E-state index < -0.39 is 0 Å². The number of carbonyl (C=O) groups is 1. The molecule has 2 aromatic rings. The molecule has 3 nitrogen and oxygen atoms in total. The summed E-state index contributed by atoms with van der Waals surface area (Å²) < 4.78 is 6.55. The van der Waals surface area contributed by atoms with Crippen molar-refractivity contribution in [2.24, 2.45) is 5.92 Å². The number of halogens is 1. The minimum atomic E-state index is 0.138. The molecule has 0 amide bonds. The lowest BCUT2D eigenvalue weighted by Crippen LogP contribution is -2.41. The highest BCUT2D eigenvalue weighted by molar-refractivity contribution is 9.10. The van der Waals surface area contributed by atoms with E-state index in [1.54, 1.807) is 14.0 Å². The van der Waals surface area contributed by atoms with Crippen LogP contribution in [0.5, 0.6) is 5.75 Å². The Bertz CT molecular complexity index is 812. The predicted molar refractivity (Wildman–Crippen MR) is 118 cm³/mol. The van der Waals surface area contributed by atoms with Gasteiger partial charge in [0.25, 0.3) is 0 Å². The molecule has 1 aliphatic rings. The second kappa shape index (κ2) is 9.71. The van der Waals surface area contributed by atoms with E-state index in [1.165, 1.54) is 28.4 Å². The van der Waals surface area contributed by atoms with Gasteiger partial charge in [-0.3, -0.25) is 4.79 Å². The van der Waals surface area contributed by atoms with Gasteiger partial charge in [0.2, 0.25) is 0 Å². The third kappa shape index (κ3) is 5.45. The number of ketones is 1. The first-order valence-electron chi connectivity index (χ1n) is 10.1. The molecule has 28 heavy (non-hydrogen) atoms. The van der Waals surface area contributed by atoms with Crippen molar-refractivity contribution in [3.63, 3.8) is 0 Å². The molecule has 0 spiro atoms. The number of piperidine rings is 1. The summed E-state index contributed by atoms with van der Waals surface area (Å²) in [5, 5.41) is 0. The standard InChI is InChI=1S/C24H30BrNO2/c1-17(13-20-5-4-6-21(15-20)18(2)27)26-11-9-19(10-12-26)14-22-16-23(28-3)7-8-24(22)25/h4-8,15-17,19H,9-14H2,1-3H3. The summed E-state index contributed by atoms with van der Waals surface area (Å²) in [6.45, 7) is 6.22. The van der Waals surface area contributed by atoms with Crippen LogP contribution >= 0.6 is 15.9 Å². The summed E-state index contributed by atoms with van der Waals surface area (Å²) in [5.74, 6) is 1.78. The van der Waals surface area contributed by atoms with E-state index in [9.17, 15) is 4.79 Å². The summed E-state index contributed by atoms with van der Waals surface area (Å²) in [4.78, 5) is 14.2. The Morgan fingerprint density at radius 3 is 2.64 bits per heavy atom. The fourth-order valence-corrected chi connectivity index (χ4v) is 4.54. The maximum absolute atomic E-state index is 11.6. The Morgan fingerprint density at radius 2 is 1.96 bits per heavy atom. The van der Waals surface area contributed by atoms with E-state index in [0.29, 0.717) is 12.0 Å². The number of rotatable bonds is 7. The van der Waals surface area contributed by atoms with E-state index in [-0.39, 0.29) is 5.78 Å². The molecule has 1 aliphatic heterocycles. The van der Waals surface area contributed by atoms with Crippen LogP contribution in [-0.4, -0.2) is 36.9 Å². The lowest BCUT2D eigenvalue weighted by Gasteiger charge is -2.36. The normalized spacial score (nSPS) is 16.7. The number of methoxy groups -OCH3 is 1. The average molecular weight is 444 g/mol. The number of likely N-dealkylation sites (tertiary alicyclic amines) is 1. The first kappa shape index (κ1) is 21.1. The molecule has 0 N–H and O–H groups in total. The second-order valence-electron chi connectivity index (χ2n) is 7.95. The van der Waals surface area contributed by atoms with Crippen molar-refractivity contribution >= 4 is 21.7 Å². The quantitative estimate of drug-likeness (QED) is 0.525. The third-order valence-corrected chi connectivity index (χ3v) is 6.67. The van der Waals surface area contributed by atoms with Crippen molar-refractivity contribution < 1.29 is 9.53 Å². The molecule has 3 rings (SSSR count). The molecule has 1 atom stereocenters. The van der Waals surface area contributed by atoms with Gasteiger partial charge in [0, 0.05) is 16.1 Å². The molecule has 0 radical (unpaired) electrons. The van der Waals surface area contributed by atoms with Crippen molar-refractivity contribution in [1.82, 2.24) is 4.90 Å². The van der Waals surface area contributed by atoms with Crippen LogP contribution in [-0.2, 0) is 12.8 Å². The lowest BCUT2D eigenvalue weighted by atomic mass is 9.89. The van der Waals surface area contributed by atoms with Crippen molar-refractivity contribution in [3.8, 4) is 5.75 Å². The minimum absolute atomic E-state index is 0.138. The maximum Gasteiger partial charge on any atom is 0.159 e. The molecule has 0 aromatic heterocycles. The van der Waals surface area contributed by atoms with Gasteiger partial charge in [0.1, 0.15) is 5.75 Å². The van der Waals surface area contributed by atoms with Gasteiger partial charge in [-0.2, -0.15) is 0 Å². The summed E-state index contributed by atoms with van der Waals surface area (Å²) in [7, 11) is 1.72. The fraction of sp³-hybridized carbons (Fsp3) is 0.458. The Balaban J connectivity index is 1.53. The number of ether oxygens (including phenoxy) is 1. The van der Waals surface area contributed by atoms with E-state index in [4.69, 9.17) is 4.74 Å². The molecular formula is C24H30BrNO2. The lowest BCUT2D eigenvalue weighted by molar-refractivity contribution is 0.101. The van der Waals surface area contributed by atoms with Gasteiger partial charge in [-0.25, -0.2) is 0 Å². The van der Waals surface area contributed by atoms with Crippen LogP contribution in [0.25, 0.3) is 0 Å². The molecule has 1 unspecified atom stereocenters. The number of carbonyl (C=O) groups excluding carboxylic acids is 1. The van der Waals surface area contributed by atoms with Crippen molar-refractivity contribution in [2.75, 3.05) is 20.2 Å². The maximum atomic E-state index is 11.6. The highest BCUT2D eigenvalue weighted by atomic mass is 79.9. The molecule has 1 saturated heterocycles. The molecule has 150 valence electrons. The largest absolute Gasteiger partial charge is 0.497 e. The summed E-state index contributed by atoms with van der Waals surface area (Å²) in [6.07, 6.45) is 4.54. The van der Waals surface area contributed by atoms with Gasteiger partial charge >= 0.3 is 0 Å². The topological polar surface area (TPSA) is 29.5 Å². The first-order valence-corrected chi connectivity index (χ1v) is 10.9. The highest BCUT2D eigenvalue weighted by Gasteiger charge is 2.23. The molecule has 0 bridgehead atoms. The van der Waals surface area contributed by atoms with Crippen molar-refractivity contribution in [3.05, 3.63) is 63.6 Å². The highest BCUT2D eigenvalue weighted by Crippen LogP contribution is 2.29. The van der Waals surface area contributed by atoms with E-state index in [1.807, 2.05) is 24.3 Å². The van der Waals surface area contributed by atoms with Gasteiger partial charge in [0.15, 0.2) is 5.78 Å². The Labute approximate surface area is 177 Å². The van der Waals surface area contributed by atoms with Crippen LogP contribution in [0.3, 0.4) is 0 Å². The van der Waals surface area contributed by atoms with E-state index in [0.717, 1.165) is 37.2 Å². The van der Waals surface area contributed by atoms with Crippen LogP contribution in [0.2, 0.25) is 0 Å². The smallest absolute Gasteiger partial charge is 0.159 e. The zero-order valence-corrected chi connectivity index (χ0v) is 18.7. The zero-order chi connectivity index (χ0) is 20.1. The molecule has 1 fully saturated rings. The van der Waals surface area contributed by atoms with Gasteiger partial charge in [0.05, 0.1) is 7.11 Å². The van der Waals surface area contributed by atoms with Crippen LogP contribution < -0.4 is 4.74 Å². The number of hydrogen-bond acceptors (Lipinski definition) is 3. The predicted octanol–water partition coefficient (Wildman–Crippen LogP) is 5.55. The SMILES string of the molecule is COc1ccc(Br)c(CC2CCN(C(C)Cc3cccc(C(C)=O)c3)CC2)c1. The van der Waals surface area contributed by atoms with Crippen LogP contribution in [0.1, 0.15) is 48.2 Å². The molecule has 1 heterocycles. The van der Waals surface area contributed by atoms with Crippen LogP contribution in [0.4, 0.5) is 0 Å². The van der Waals surface area contributed by atoms with Gasteiger partial charge in [-0.05, 0) is 93.9 Å². The fourth-order valence-electron chi connectivity index (χ4n) is 4.13. The number of benzene rings is 2.